The second-order valence-corrected chi connectivity index (χ2v) is 8.09. The number of carbonyl (C=O) groups is 6. The van der Waals surface area contributed by atoms with Crippen LogP contribution < -0.4 is 43.6 Å². The lowest BCUT2D eigenvalue weighted by Crippen LogP contribution is -2.60. The second kappa shape index (κ2) is 14.7. The van der Waals surface area contributed by atoms with Gasteiger partial charge in [0.2, 0.25) is 17.7 Å². The fourth-order valence-electron chi connectivity index (χ4n) is 3.09. The van der Waals surface area contributed by atoms with Crippen LogP contribution in [0.4, 0.5) is 4.79 Å². The van der Waals surface area contributed by atoms with Crippen molar-refractivity contribution in [2.24, 2.45) is 11.5 Å². The van der Waals surface area contributed by atoms with Crippen LogP contribution in [-0.4, -0.2) is 89.2 Å². The molecule has 35 heavy (non-hydrogen) atoms. The SMILES string of the molecule is CC(O)[C@@H]1NC(=O)N[C@@H](CC(N)=O)C(=O)NNC(=O)[C@H](CO)NC(=O)CC(N)CCCCNC1=O. The molecule has 198 valence electrons. The first kappa shape index (κ1) is 29.5. The van der Waals surface area contributed by atoms with E-state index in [9.17, 15) is 39.0 Å². The Balaban J connectivity index is 3.05. The van der Waals surface area contributed by atoms with E-state index in [2.05, 4.69) is 21.3 Å². The Kier molecular flexibility index (Phi) is 12.4. The number of primary amides is 1. The Bertz CT molecular complexity index is 793. The molecule has 0 aromatic heterocycles. The summed E-state index contributed by atoms with van der Waals surface area (Å²) < 4.78 is 0. The highest BCUT2D eigenvalue weighted by Crippen LogP contribution is 2.03. The fourth-order valence-corrected chi connectivity index (χ4v) is 3.09. The van der Waals surface area contributed by atoms with Gasteiger partial charge < -0.3 is 42.9 Å². The summed E-state index contributed by atoms with van der Waals surface area (Å²) in [4.78, 5) is 72.9. The van der Waals surface area contributed by atoms with E-state index in [4.69, 9.17) is 11.5 Å². The van der Waals surface area contributed by atoms with Crippen molar-refractivity contribution in [3.05, 3.63) is 0 Å². The number of aliphatic hydroxyl groups excluding tert-OH is 2. The molecule has 0 aromatic rings. The molecule has 12 N–H and O–H groups in total. The van der Waals surface area contributed by atoms with E-state index in [0.29, 0.717) is 19.3 Å². The van der Waals surface area contributed by atoms with E-state index >= 15 is 0 Å². The van der Waals surface area contributed by atoms with Crippen LogP contribution in [0.3, 0.4) is 0 Å². The minimum Gasteiger partial charge on any atom is -0.394 e. The molecule has 0 spiro atoms. The van der Waals surface area contributed by atoms with Crippen molar-refractivity contribution in [1.29, 1.82) is 0 Å². The number of nitrogens with two attached hydrogens (primary N) is 2. The molecule has 1 rings (SSSR count). The molecule has 0 bridgehead atoms. The van der Waals surface area contributed by atoms with Crippen LogP contribution in [-0.2, 0) is 24.0 Å². The summed E-state index contributed by atoms with van der Waals surface area (Å²) in [6.45, 7) is 0.687. The number of nitrogens with one attached hydrogen (secondary N) is 6. The summed E-state index contributed by atoms with van der Waals surface area (Å²) in [6, 6.07) is -5.98. The molecule has 1 aliphatic heterocycles. The van der Waals surface area contributed by atoms with Crippen molar-refractivity contribution in [3.63, 3.8) is 0 Å². The molecule has 0 aliphatic carbocycles. The lowest BCUT2D eigenvalue weighted by Gasteiger charge is -2.24. The highest BCUT2D eigenvalue weighted by molar-refractivity contribution is 5.94. The van der Waals surface area contributed by atoms with Crippen molar-refractivity contribution < 1.29 is 39.0 Å². The maximum atomic E-state index is 12.4. The molecule has 0 radical (unpaired) electrons. The zero-order chi connectivity index (χ0) is 26.5. The predicted molar refractivity (Wildman–Crippen MR) is 119 cm³/mol. The molecule has 5 atom stereocenters. The summed E-state index contributed by atoms with van der Waals surface area (Å²) >= 11 is 0. The lowest BCUT2D eigenvalue weighted by molar-refractivity contribution is -0.134. The van der Waals surface area contributed by atoms with Crippen LogP contribution in [0.2, 0.25) is 0 Å². The Morgan fingerprint density at radius 2 is 1.63 bits per heavy atom. The van der Waals surface area contributed by atoms with Crippen molar-refractivity contribution in [3.8, 4) is 0 Å². The molecule has 0 saturated carbocycles. The van der Waals surface area contributed by atoms with E-state index in [1.165, 1.54) is 6.92 Å². The molecule has 16 heteroatoms. The number of hydrogen-bond donors (Lipinski definition) is 10. The largest absolute Gasteiger partial charge is 0.394 e. The van der Waals surface area contributed by atoms with Crippen molar-refractivity contribution in [2.75, 3.05) is 13.2 Å². The van der Waals surface area contributed by atoms with E-state index < -0.39 is 78.9 Å². The van der Waals surface area contributed by atoms with Crippen LogP contribution in [0.5, 0.6) is 0 Å². The van der Waals surface area contributed by atoms with Crippen LogP contribution in [0.25, 0.3) is 0 Å². The van der Waals surface area contributed by atoms with Crippen molar-refractivity contribution >= 4 is 35.6 Å². The number of amides is 7. The van der Waals surface area contributed by atoms with E-state index in [0.717, 1.165) is 0 Å². The van der Waals surface area contributed by atoms with Gasteiger partial charge in [-0.25, -0.2) is 4.79 Å². The van der Waals surface area contributed by atoms with Crippen molar-refractivity contribution in [1.82, 2.24) is 32.1 Å². The maximum Gasteiger partial charge on any atom is 0.316 e. The third kappa shape index (κ3) is 11.0. The average molecular weight is 503 g/mol. The molecule has 0 aromatic carbocycles. The molecular formula is C19H34N8O8. The minimum absolute atomic E-state index is 0.136. The highest BCUT2D eigenvalue weighted by Gasteiger charge is 2.29. The first-order chi connectivity index (χ1) is 16.4. The minimum atomic E-state index is -1.57. The Labute approximate surface area is 201 Å². The maximum absolute atomic E-state index is 12.4. The van der Waals surface area contributed by atoms with Gasteiger partial charge in [0.25, 0.3) is 11.8 Å². The molecule has 16 nitrogen and oxygen atoms in total. The standard InChI is InChI=1S/C19H34N8O8/c1-9(29)15-18(34)22-5-3-2-4-10(20)6-14(31)23-12(8-28)17(33)27-26-16(32)11(7-13(21)30)24-19(35)25-15/h9-12,15,28-29H,2-8,20H2,1H3,(H2,21,30)(H,22,34)(H,23,31)(H,26,32)(H,27,33)(H2,24,25,35)/t9?,10?,11-,12-,15-/m0/s1. The number of hydrazine groups is 1. The summed E-state index contributed by atoms with van der Waals surface area (Å²) in [5, 5.41) is 28.5. The normalized spacial score (nSPS) is 27.1. The van der Waals surface area contributed by atoms with Gasteiger partial charge in [-0.2, -0.15) is 0 Å². The lowest BCUT2D eigenvalue weighted by atomic mass is 10.1. The number of urea groups is 1. The Morgan fingerprint density at radius 3 is 2.20 bits per heavy atom. The number of rotatable bonds is 4. The van der Waals surface area contributed by atoms with Gasteiger partial charge in [0.15, 0.2) is 0 Å². The summed E-state index contributed by atoms with van der Waals surface area (Å²) in [7, 11) is 0. The van der Waals surface area contributed by atoms with E-state index in [-0.39, 0.29) is 13.0 Å². The molecular weight excluding hydrogens is 468 g/mol. The third-order valence-corrected chi connectivity index (χ3v) is 4.97. The van der Waals surface area contributed by atoms with Gasteiger partial charge in [-0.05, 0) is 19.8 Å². The Hall–Kier alpha value is -3.50. The van der Waals surface area contributed by atoms with Crippen LogP contribution >= 0.6 is 0 Å². The number of hydrogen-bond acceptors (Lipinski definition) is 9. The molecule has 2 unspecified atom stereocenters. The molecule has 1 saturated heterocycles. The summed E-state index contributed by atoms with van der Waals surface area (Å²) in [6.07, 6.45) is -0.641. The molecule has 1 aliphatic rings. The average Bonchev–Trinajstić information content (AvgIpc) is 2.77. The van der Waals surface area contributed by atoms with Gasteiger partial charge in [-0.3, -0.25) is 34.8 Å². The second-order valence-electron chi connectivity index (χ2n) is 8.09. The number of carbonyl (C=O) groups excluding carboxylic acids is 6. The summed E-state index contributed by atoms with van der Waals surface area (Å²) in [5.41, 5.74) is 15.0. The molecule has 7 amide bonds. The zero-order valence-corrected chi connectivity index (χ0v) is 19.3. The van der Waals surface area contributed by atoms with Crippen molar-refractivity contribution in [2.45, 2.75) is 69.3 Å². The predicted octanol–water partition coefficient (Wildman–Crippen LogP) is -5.08. The van der Waals surface area contributed by atoms with Gasteiger partial charge in [0.05, 0.1) is 19.1 Å². The Morgan fingerprint density at radius 1 is 1.00 bits per heavy atom. The summed E-state index contributed by atoms with van der Waals surface area (Å²) in [5.74, 6) is -4.31. The van der Waals surface area contributed by atoms with Gasteiger partial charge in [-0.15, -0.1) is 0 Å². The van der Waals surface area contributed by atoms with Gasteiger partial charge in [0.1, 0.15) is 18.1 Å². The van der Waals surface area contributed by atoms with E-state index in [1.54, 1.807) is 0 Å². The van der Waals surface area contributed by atoms with Gasteiger partial charge >= 0.3 is 6.03 Å². The van der Waals surface area contributed by atoms with E-state index in [1.807, 2.05) is 10.9 Å². The highest BCUT2D eigenvalue weighted by atomic mass is 16.3. The topological polar surface area (TPSA) is 267 Å². The number of aliphatic hydroxyl groups is 2. The van der Waals surface area contributed by atoms with Crippen LogP contribution in [0.1, 0.15) is 39.0 Å². The van der Waals surface area contributed by atoms with Crippen LogP contribution in [0, 0.1) is 0 Å². The molecule has 1 fully saturated rings. The zero-order valence-electron chi connectivity index (χ0n) is 19.3. The fraction of sp³-hybridized carbons (Fsp3) is 0.684. The third-order valence-electron chi connectivity index (χ3n) is 4.97. The van der Waals surface area contributed by atoms with Gasteiger partial charge in [-0.1, -0.05) is 6.42 Å². The quantitative estimate of drug-likeness (QED) is 0.176. The first-order valence-electron chi connectivity index (χ1n) is 11.0. The van der Waals surface area contributed by atoms with Crippen LogP contribution in [0.15, 0.2) is 0 Å². The van der Waals surface area contributed by atoms with Gasteiger partial charge in [0, 0.05) is 19.0 Å². The monoisotopic (exact) mass is 502 g/mol. The first-order valence-corrected chi connectivity index (χ1v) is 11.0. The smallest absolute Gasteiger partial charge is 0.316 e. The molecule has 1 heterocycles.